The highest BCUT2D eigenvalue weighted by Gasteiger charge is 2.33. The molecule has 2 saturated heterocycles. The molecule has 8 heteroatoms. The summed E-state index contributed by atoms with van der Waals surface area (Å²) in [5.41, 5.74) is 2.04. The Labute approximate surface area is 190 Å². The van der Waals surface area contributed by atoms with Crippen LogP contribution in [0.25, 0.3) is 11.0 Å². The molecule has 0 bridgehead atoms. The summed E-state index contributed by atoms with van der Waals surface area (Å²) in [4.78, 5) is 36.8. The molecule has 0 atom stereocenters. The predicted molar refractivity (Wildman–Crippen MR) is 120 cm³/mol. The van der Waals surface area contributed by atoms with Crippen molar-refractivity contribution in [3.63, 3.8) is 0 Å². The molecule has 0 radical (unpaired) electrons. The summed E-state index contributed by atoms with van der Waals surface area (Å²) in [5.74, 6) is -1.59. The van der Waals surface area contributed by atoms with E-state index < -0.39 is 17.5 Å². The van der Waals surface area contributed by atoms with E-state index in [2.05, 4.69) is 16.0 Å². The normalized spacial score (nSPS) is 18.1. The lowest BCUT2D eigenvalue weighted by atomic mass is 9.88. The zero-order chi connectivity index (χ0) is 22.9. The van der Waals surface area contributed by atoms with Crippen LogP contribution in [0.1, 0.15) is 47.5 Å². The molecule has 4 heterocycles. The summed E-state index contributed by atoms with van der Waals surface area (Å²) < 4.78 is 27.1. The number of benzene rings is 1. The Morgan fingerprint density at radius 3 is 2.42 bits per heavy atom. The van der Waals surface area contributed by atoms with Crippen molar-refractivity contribution < 1.29 is 18.4 Å². The molecule has 0 unspecified atom stereocenters. The Balaban J connectivity index is 1.15. The number of H-pyrrole nitrogens is 1. The summed E-state index contributed by atoms with van der Waals surface area (Å²) in [5, 5.41) is 1.15. The van der Waals surface area contributed by atoms with Crippen LogP contribution < -0.4 is 0 Å². The molecular weight excluding hydrogens is 426 g/mol. The molecule has 3 aromatic rings. The minimum Gasteiger partial charge on any atom is -0.346 e. The molecular formula is C25H26F2N4O2. The fraction of sp³-hybridized carbons (Fsp3) is 0.400. The number of carbonyl (C=O) groups excluding carboxylic acids is 2. The largest absolute Gasteiger partial charge is 0.346 e. The van der Waals surface area contributed by atoms with Gasteiger partial charge in [-0.15, -0.1) is 0 Å². The van der Waals surface area contributed by atoms with Gasteiger partial charge >= 0.3 is 0 Å². The zero-order valence-electron chi connectivity index (χ0n) is 18.3. The number of pyridine rings is 1. The topological polar surface area (TPSA) is 69.3 Å². The zero-order valence-corrected chi connectivity index (χ0v) is 18.3. The van der Waals surface area contributed by atoms with Crippen LogP contribution in [0.3, 0.4) is 0 Å². The Morgan fingerprint density at radius 1 is 0.970 bits per heavy atom. The molecule has 5 rings (SSSR count). The second-order valence-corrected chi connectivity index (χ2v) is 8.93. The lowest BCUT2D eigenvalue weighted by Crippen LogP contribution is -2.46. The number of amides is 2. The van der Waals surface area contributed by atoms with Crippen molar-refractivity contribution in [2.45, 2.75) is 31.6 Å². The first-order valence-corrected chi connectivity index (χ1v) is 11.5. The van der Waals surface area contributed by atoms with Crippen LogP contribution in [-0.2, 0) is 4.79 Å². The number of aromatic nitrogens is 2. The molecule has 2 fully saturated rings. The molecule has 6 nitrogen and oxygen atoms in total. The van der Waals surface area contributed by atoms with Crippen molar-refractivity contribution >= 4 is 22.8 Å². The highest BCUT2D eigenvalue weighted by molar-refractivity contribution is 5.94. The number of halogens is 2. The van der Waals surface area contributed by atoms with Crippen molar-refractivity contribution in [2.75, 3.05) is 26.2 Å². The van der Waals surface area contributed by atoms with Gasteiger partial charge in [-0.1, -0.05) is 0 Å². The SMILES string of the molecule is O=C(c1ccc(F)cc1F)N1CCC(C(=O)N2CCC(c3c[nH]c4ncccc34)CC2)CC1. The third-order valence-corrected chi connectivity index (χ3v) is 7.02. The maximum Gasteiger partial charge on any atom is 0.256 e. The van der Waals surface area contributed by atoms with Gasteiger partial charge in [0.05, 0.1) is 5.56 Å². The van der Waals surface area contributed by atoms with Gasteiger partial charge in [-0.3, -0.25) is 9.59 Å². The van der Waals surface area contributed by atoms with E-state index in [1.807, 2.05) is 17.2 Å². The minimum absolute atomic E-state index is 0.124. The quantitative estimate of drug-likeness (QED) is 0.651. The van der Waals surface area contributed by atoms with E-state index >= 15 is 0 Å². The van der Waals surface area contributed by atoms with E-state index in [4.69, 9.17) is 0 Å². The van der Waals surface area contributed by atoms with Gasteiger partial charge in [-0.05, 0) is 61.4 Å². The van der Waals surface area contributed by atoms with Gasteiger partial charge < -0.3 is 14.8 Å². The van der Waals surface area contributed by atoms with E-state index in [0.29, 0.717) is 31.8 Å². The maximum absolute atomic E-state index is 14.0. The second-order valence-electron chi connectivity index (χ2n) is 8.93. The van der Waals surface area contributed by atoms with E-state index in [1.54, 1.807) is 11.1 Å². The van der Waals surface area contributed by atoms with Gasteiger partial charge in [-0.2, -0.15) is 0 Å². The van der Waals surface area contributed by atoms with Crippen LogP contribution in [0.4, 0.5) is 8.78 Å². The molecule has 0 aliphatic carbocycles. The van der Waals surface area contributed by atoms with E-state index in [0.717, 1.165) is 49.1 Å². The molecule has 2 amide bonds. The molecule has 2 aromatic heterocycles. The lowest BCUT2D eigenvalue weighted by molar-refractivity contribution is -0.138. The molecule has 1 N–H and O–H groups in total. The average molecular weight is 453 g/mol. The van der Waals surface area contributed by atoms with Crippen LogP contribution >= 0.6 is 0 Å². The summed E-state index contributed by atoms with van der Waals surface area (Å²) in [6.07, 6.45) is 6.75. The molecule has 33 heavy (non-hydrogen) atoms. The first-order valence-electron chi connectivity index (χ1n) is 11.5. The van der Waals surface area contributed by atoms with Crippen LogP contribution in [0.15, 0.2) is 42.7 Å². The number of rotatable bonds is 3. The van der Waals surface area contributed by atoms with E-state index in [-0.39, 0.29) is 17.4 Å². The first kappa shape index (κ1) is 21.6. The third kappa shape index (κ3) is 4.21. The van der Waals surface area contributed by atoms with Gasteiger partial charge in [0.1, 0.15) is 17.3 Å². The molecule has 2 aliphatic heterocycles. The third-order valence-electron chi connectivity index (χ3n) is 7.02. The summed E-state index contributed by atoms with van der Waals surface area (Å²) in [6, 6.07) is 7.01. The number of piperidine rings is 2. The second kappa shape index (κ2) is 8.92. The number of hydrogen-bond donors (Lipinski definition) is 1. The van der Waals surface area contributed by atoms with Gasteiger partial charge in [0.25, 0.3) is 5.91 Å². The van der Waals surface area contributed by atoms with Crippen molar-refractivity contribution in [2.24, 2.45) is 5.92 Å². The number of hydrogen-bond acceptors (Lipinski definition) is 3. The average Bonchev–Trinajstić information content (AvgIpc) is 3.28. The molecule has 1 aromatic carbocycles. The van der Waals surface area contributed by atoms with E-state index in [1.165, 1.54) is 11.6 Å². The highest BCUT2D eigenvalue weighted by atomic mass is 19.1. The van der Waals surface area contributed by atoms with Crippen molar-refractivity contribution in [1.29, 1.82) is 0 Å². The Kier molecular flexibility index (Phi) is 5.83. The number of nitrogens with zero attached hydrogens (tertiary/aromatic N) is 3. The molecule has 0 spiro atoms. The lowest BCUT2D eigenvalue weighted by Gasteiger charge is -2.37. The monoisotopic (exact) mass is 452 g/mol. The first-order chi connectivity index (χ1) is 16.0. The van der Waals surface area contributed by atoms with Gasteiger partial charge in [0.2, 0.25) is 5.91 Å². The van der Waals surface area contributed by atoms with Crippen LogP contribution in [0, 0.1) is 17.6 Å². The molecule has 0 saturated carbocycles. The van der Waals surface area contributed by atoms with Crippen molar-refractivity contribution in [1.82, 2.24) is 19.8 Å². The maximum atomic E-state index is 14.0. The summed E-state index contributed by atoms with van der Waals surface area (Å²) in [6.45, 7) is 2.22. The van der Waals surface area contributed by atoms with Gasteiger partial charge in [0, 0.05) is 55.9 Å². The predicted octanol–water partition coefficient (Wildman–Crippen LogP) is 4.10. The van der Waals surface area contributed by atoms with E-state index in [9.17, 15) is 18.4 Å². The van der Waals surface area contributed by atoms with Crippen molar-refractivity contribution in [3.05, 3.63) is 65.5 Å². The number of aromatic amines is 1. The van der Waals surface area contributed by atoms with Crippen molar-refractivity contribution in [3.8, 4) is 0 Å². The summed E-state index contributed by atoms with van der Waals surface area (Å²) >= 11 is 0. The smallest absolute Gasteiger partial charge is 0.256 e. The fourth-order valence-electron chi connectivity index (χ4n) is 5.15. The van der Waals surface area contributed by atoms with Gasteiger partial charge in [-0.25, -0.2) is 13.8 Å². The van der Waals surface area contributed by atoms with Crippen LogP contribution in [0.2, 0.25) is 0 Å². The molecule has 172 valence electrons. The standard InChI is InChI=1S/C25H26F2N4O2/c26-18-3-4-20(22(27)14-18)25(33)31-12-7-17(8-13-31)24(32)30-10-5-16(6-11-30)21-15-29-23-19(21)2-1-9-28-23/h1-4,9,14-17H,5-8,10-13H2,(H,28,29). The summed E-state index contributed by atoms with van der Waals surface area (Å²) in [7, 11) is 0. The number of nitrogens with one attached hydrogen (secondary N) is 1. The Hall–Kier alpha value is -3.29. The highest BCUT2D eigenvalue weighted by Crippen LogP contribution is 2.33. The van der Waals surface area contributed by atoms with Crippen LogP contribution in [-0.4, -0.2) is 57.8 Å². The Bertz CT molecular complexity index is 1180. The van der Waals surface area contributed by atoms with Gasteiger partial charge in [0.15, 0.2) is 0 Å². The fourth-order valence-corrected chi connectivity index (χ4v) is 5.15. The number of carbonyl (C=O) groups is 2. The Morgan fingerprint density at radius 2 is 1.70 bits per heavy atom. The molecule has 2 aliphatic rings. The van der Waals surface area contributed by atoms with Crippen LogP contribution in [0.5, 0.6) is 0 Å². The number of likely N-dealkylation sites (tertiary alicyclic amines) is 2. The minimum atomic E-state index is -0.855. The number of fused-ring (bicyclic) bond motifs is 1.